The maximum absolute atomic E-state index is 12.1. The lowest BCUT2D eigenvalue weighted by atomic mass is 10.2. The molecule has 1 aliphatic heterocycles. The summed E-state index contributed by atoms with van der Waals surface area (Å²) in [5.41, 5.74) is 1.19. The minimum absolute atomic E-state index is 0.0788. The van der Waals surface area contributed by atoms with Crippen LogP contribution in [0.2, 0.25) is 0 Å². The molecule has 2 amide bonds. The Bertz CT molecular complexity index is 714. The topological polar surface area (TPSA) is 92.4 Å². The number of benzene rings is 1. The van der Waals surface area contributed by atoms with Crippen LogP contribution in [-0.2, 0) is 9.53 Å². The van der Waals surface area contributed by atoms with E-state index >= 15 is 0 Å². The summed E-state index contributed by atoms with van der Waals surface area (Å²) in [6.45, 7) is 1.15. The van der Waals surface area contributed by atoms with Crippen LogP contribution in [0.25, 0.3) is 0 Å². The molecule has 2 aromatic rings. The average Bonchev–Trinajstić information content (AvgIpc) is 3.30. The maximum atomic E-state index is 12.1. The highest BCUT2D eigenvalue weighted by molar-refractivity contribution is 7.14. The SMILES string of the molecule is O=C(CNC(=O)c1csc(Nc2ccccc2)n1)NCC1CCCO1. The highest BCUT2D eigenvalue weighted by Gasteiger charge is 2.17. The Hall–Kier alpha value is -2.45. The van der Waals surface area contributed by atoms with Crippen LogP contribution < -0.4 is 16.0 Å². The molecule has 3 rings (SSSR count). The number of thiazole rings is 1. The number of nitrogens with zero attached hydrogens (tertiary/aromatic N) is 1. The van der Waals surface area contributed by atoms with Crippen molar-refractivity contribution in [2.24, 2.45) is 0 Å². The van der Waals surface area contributed by atoms with Crippen LogP contribution in [0.5, 0.6) is 0 Å². The van der Waals surface area contributed by atoms with Gasteiger partial charge in [-0.25, -0.2) is 4.98 Å². The Morgan fingerprint density at radius 2 is 2.08 bits per heavy atom. The summed E-state index contributed by atoms with van der Waals surface area (Å²) in [7, 11) is 0. The highest BCUT2D eigenvalue weighted by atomic mass is 32.1. The lowest BCUT2D eigenvalue weighted by Gasteiger charge is -2.10. The van der Waals surface area contributed by atoms with Crippen molar-refractivity contribution < 1.29 is 14.3 Å². The van der Waals surface area contributed by atoms with Gasteiger partial charge in [0.1, 0.15) is 5.69 Å². The summed E-state index contributed by atoms with van der Waals surface area (Å²) in [6.07, 6.45) is 2.08. The Kier molecular flexibility index (Phi) is 5.97. The summed E-state index contributed by atoms with van der Waals surface area (Å²) in [5, 5.41) is 10.7. The van der Waals surface area contributed by atoms with E-state index in [0.29, 0.717) is 11.7 Å². The first-order valence-corrected chi connectivity index (χ1v) is 9.03. The lowest BCUT2D eigenvalue weighted by Crippen LogP contribution is -2.40. The second-order valence-electron chi connectivity index (χ2n) is 5.65. The van der Waals surface area contributed by atoms with Crippen LogP contribution in [-0.4, -0.2) is 42.6 Å². The second-order valence-corrected chi connectivity index (χ2v) is 6.51. The first kappa shape index (κ1) is 17.4. The number of rotatable bonds is 7. The van der Waals surface area contributed by atoms with Crippen molar-refractivity contribution in [2.75, 3.05) is 25.0 Å². The largest absolute Gasteiger partial charge is 0.376 e. The fraction of sp³-hybridized carbons (Fsp3) is 0.353. The number of ether oxygens (including phenoxy) is 1. The van der Waals surface area contributed by atoms with E-state index < -0.39 is 0 Å². The summed E-state index contributed by atoms with van der Waals surface area (Å²) >= 11 is 1.33. The van der Waals surface area contributed by atoms with E-state index in [0.717, 1.165) is 25.1 Å². The molecular formula is C17H20N4O3S. The Labute approximate surface area is 149 Å². The van der Waals surface area contributed by atoms with Gasteiger partial charge in [0, 0.05) is 24.2 Å². The van der Waals surface area contributed by atoms with Crippen molar-refractivity contribution >= 4 is 34.0 Å². The molecule has 1 aromatic heterocycles. The quantitative estimate of drug-likeness (QED) is 0.701. The van der Waals surface area contributed by atoms with Gasteiger partial charge in [0.05, 0.1) is 12.6 Å². The van der Waals surface area contributed by atoms with E-state index in [2.05, 4.69) is 20.9 Å². The van der Waals surface area contributed by atoms with E-state index in [1.165, 1.54) is 11.3 Å². The molecule has 3 N–H and O–H groups in total. The molecule has 1 unspecified atom stereocenters. The Morgan fingerprint density at radius 3 is 2.84 bits per heavy atom. The van der Waals surface area contributed by atoms with Gasteiger partial charge in [-0.15, -0.1) is 11.3 Å². The molecule has 7 nitrogen and oxygen atoms in total. The van der Waals surface area contributed by atoms with Gasteiger partial charge in [-0.3, -0.25) is 9.59 Å². The third-order valence-corrected chi connectivity index (χ3v) is 4.48. The molecule has 1 fully saturated rings. The molecule has 0 saturated carbocycles. The van der Waals surface area contributed by atoms with Crippen molar-refractivity contribution in [3.8, 4) is 0 Å². The summed E-state index contributed by atoms with van der Waals surface area (Å²) < 4.78 is 5.43. The van der Waals surface area contributed by atoms with Gasteiger partial charge in [-0.05, 0) is 25.0 Å². The van der Waals surface area contributed by atoms with Gasteiger partial charge in [0.15, 0.2) is 5.13 Å². The number of hydrogen-bond donors (Lipinski definition) is 3. The fourth-order valence-corrected chi connectivity index (χ4v) is 3.14. The van der Waals surface area contributed by atoms with E-state index in [1.807, 2.05) is 30.3 Å². The van der Waals surface area contributed by atoms with Gasteiger partial charge in [-0.1, -0.05) is 18.2 Å². The molecule has 1 aromatic carbocycles. The third-order valence-electron chi connectivity index (χ3n) is 3.72. The predicted octanol–water partition coefficient (Wildman–Crippen LogP) is 1.91. The Morgan fingerprint density at radius 1 is 1.24 bits per heavy atom. The number of aromatic nitrogens is 1. The monoisotopic (exact) mass is 360 g/mol. The van der Waals surface area contributed by atoms with E-state index in [1.54, 1.807) is 5.38 Å². The van der Waals surface area contributed by atoms with Crippen LogP contribution in [0.15, 0.2) is 35.7 Å². The zero-order valence-corrected chi connectivity index (χ0v) is 14.5. The number of para-hydroxylation sites is 1. The van der Waals surface area contributed by atoms with E-state index in [4.69, 9.17) is 4.74 Å². The van der Waals surface area contributed by atoms with Gasteiger partial charge in [-0.2, -0.15) is 0 Å². The number of hydrogen-bond acceptors (Lipinski definition) is 6. The molecule has 25 heavy (non-hydrogen) atoms. The summed E-state index contributed by atoms with van der Waals surface area (Å²) in [6, 6.07) is 9.59. The average molecular weight is 360 g/mol. The van der Waals surface area contributed by atoms with Crippen LogP contribution in [0.3, 0.4) is 0 Å². The zero-order chi connectivity index (χ0) is 17.5. The summed E-state index contributed by atoms with van der Waals surface area (Å²) in [4.78, 5) is 28.1. The van der Waals surface area contributed by atoms with Crippen molar-refractivity contribution in [3.63, 3.8) is 0 Å². The molecule has 0 spiro atoms. The number of carbonyl (C=O) groups is 2. The van der Waals surface area contributed by atoms with Crippen LogP contribution in [0.4, 0.5) is 10.8 Å². The third kappa shape index (κ3) is 5.27. The number of carbonyl (C=O) groups excluding carboxylic acids is 2. The first-order valence-electron chi connectivity index (χ1n) is 8.15. The second kappa shape index (κ2) is 8.59. The van der Waals surface area contributed by atoms with Crippen LogP contribution in [0.1, 0.15) is 23.3 Å². The minimum atomic E-state index is -0.371. The summed E-state index contributed by atoms with van der Waals surface area (Å²) in [5.74, 6) is -0.605. The normalized spacial score (nSPS) is 16.4. The van der Waals surface area contributed by atoms with Crippen LogP contribution >= 0.6 is 11.3 Å². The molecule has 1 aliphatic rings. The molecule has 0 radical (unpaired) electrons. The minimum Gasteiger partial charge on any atom is -0.376 e. The lowest BCUT2D eigenvalue weighted by molar-refractivity contribution is -0.120. The molecule has 132 valence electrons. The number of nitrogens with one attached hydrogen (secondary N) is 3. The van der Waals surface area contributed by atoms with Gasteiger partial charge >= 0.3 is 0 Å². The number of anilines is 2. The molecule has 0 aliphatic carbocycles. The van der Waals surface area contributed by atoms with Crippen molar-refractivity contribution in [2.45, 2.75) is 18.9 Å². The van der Waals surface area contributed by atoms with Gasteiger partial charge in [0.2, 0.25) is 5.91 Å². The Balaban J connectivity index is 1.42. The number of amides is 2. The van der Waals surface area contributed by atoms with Crippen molar-refractivity contribution in [1.29, 1.82) is 0 Å². The maximum Gasteiger partial charge on any atom is 0.271 e. The smallest absolute Gasteiger partial charge is 0.271 e. The zero-order valence-electron chi connectivity index (χ0n) is 13.7. The molecule has 1 atom stereocenters. The van der Waals surface area contributed by atoms with E-state index in [-0.39, 0.29) is 30.2 Å². The molecule has 1 saturated heterocycles. The van der Waals surface area contributed by atoms with Crippen molar-refractivity contribution in [3.05, 3.63) is 41.4 Å². The first-order chi connectivity index (χ1) is 12.2. The van der Waals surface area contributed by atoms with Gasteiger partial charge in [0.25, 0.3) is 5.91 Å². The van der Waals surface area contributed by atoms with Crippen LogP contribution in [0, 0.1) is 0 Å². The molecule has 2 heterocycles. The van der Waals surface area contributed by atoms with E-state index in [9.17, 15) is 9.59 Å². The predicted molar refractivity (Wildman–Crippen MR) is 96.2 cm³/mol. The standard InChI is InChI=1S/C17H20N4O3S/c22-15(18-9-13-7-4-8-24-13)10-19-16(23)14-11-25-17(21-14)20-12-5-2-1-3-6-12/h1-3,5-6,11,13H,4,7-10H2,(H,18,22)(H,19,23)(H,20,21). The van der Waals surface area contributed by atoms with Crippen molar-refractivity contribution in [1.82, 2.24) is 15.6 Å². The fourth-order valence-electron chi connectivity index (χ4n) is 2.43. The molecular weight excluding hydrogens is 340 g/mol. The molecule has 0 bridgehead atoms. The highest BCUT2D eigenvalue weighted by Crippen LogP contribution is 2.20. The van der Waals surface area contributed by atoms with Gasteiger partial charge < -0.3 is 20.7 Å². The molecule has 8 heteroatoms.